The third-order valence-electron chi connectivity index (χ3n) is 3.54. The fraction of sp³-hybridized carbons (Fsp3) is 0.467. The van der Waals surface area contributed by atoms with Crippen molar-refractivity contribution in [3.05, 3.63) is 35.7 Å². The first kappa shape index (κ1) is 13.6. The SMILES string of the molecule is CC(C)(C)C1=CCN(c2cnccc2C(=O)O)CC1. The summed E-state index contributed by atoms with van der Waals surface area (Å²) in [5.74, 6) is -0.900. The number of aromatic nitrogens is 1. The standard InChI is InChI=1S/C15H20N2O2/c1-15(2,3)11-5-8-17(9-6-11)13-10-16-7-4-12(13)14(18)19/h4-5,7,10H,6,8-9H2,1-3H3,(H,18,19). The zero-order valence-electron chi connectivity index (χ0n) is 11.7. The summed E-state index contributed by atoms with van der Waals surface area (Å²) in [6.45, 7) is 8.22. The fourth-order valence-electron chi connectivity index (χ4n) is 2.39. The average molecular weight is 260 g/mol. The van der Waals surface area contributed by atoms with Crippen LogP contribution in [0, 0.1) is 5.41 Å². The van der Waals surface area contributed by atoms with E-state index in [1.807, 2.05) is 0 Å². The van der Waals surface area contributed by atoms with Crippen molar-refractivity contribution < 1.29 is 9.90 Å². The van der Waals surface area contributed by atoms with Crippen LogP contribution < -0.4 is 4.90 Å². The number of carboxylic acids is 1. The van der Waals surface area contributed by atoms with Crippen molar-refractivity contribution >= 4 is 11.7 Å². The lowest BCUT2D eigenvalue weighted by molar-refractivity contribution is 0.0697. The lowest BCUT2D eigenvalue weighted by Gasteiger charge is -2.33. The van der Waals surface area contributed by atoms with Crippen molar-refractivity contribution in [1.82, 2.24) is 4.98 Å². The number of nitrogens with zero attached hydrogens (tertiary/aromatic N) is 2. The van der Waals surface area contributed by atoms with Crippen LogP contribution in [0.25, 0.3) is 0 Å². The number of hydrogen-bond acceptors (Lipinski definition) is 3. The molecule has 1 aliphatic rings. The predicted octanol–water partition coefficient (Wildman–Crippen LogP) is 2.96. The summed E-state index contributed by atoms with van der Waals surface area (Å²) in [5, 5.41) is 9.21. The Labute approximate surface area is 113 Å². The molecule has 0 unspecified atom stereocenters. The molecule has 4 nitrogen and oxygen atoms in total. The smallest absolute Gasteiger partial charge is 0.337 e. The van der Waals surface area contributed by atoms with E-state index < -0.39 is 5.97 Å². The molecule has 0 bridgehead atoms. The minimum absolute atomic E-state index is 0.191. The summed E-state index contributed by atoms with van der Waals surface area (Å²) in [4.78, 5) is 17.3. The molecule has 0 saturated heterocycles. The maximum absolute atomic E-state index is 11.2. The van der Waals surface area contributed by atoms with E-state index in [2.05, 4.69) is 36.7 Å². The molecule has 0 aliphatic carbocycles. The highest BCUT2D eigenvalue weighted by molar-refractivity contribution is 5.94. The highest BCUT2D eigenvalue weighted by Crippen LogP contribution is 2.32. The molecule has 1 aliphatic heterocycles. The molecule has 0 atom stereocenters. The quantitative estimate of drug-likeness (QED) is 0.831. The van der Waals surface area contributed by atoms with Gasteiger partial charge in [0.05, 0.1) is 17.4 Å². The van der Waals surface area contributed by atoms with Gasteiger partial charge in [0.25, 0.3) is 0 Å². The van der Waals surface area contributed by atoms with E-state index in [1.165, 1.54) is 11.8 Å². The van der Waals surface area contributed by atoms with Gasteiger partial charge in [-0.25, -0.2) is 4.79 Å². The Kier molecular flexibility index (Phi) is 3.60. The average Bonchev–Trinajstić information content (AvgIpc) is 2.38. The maximum atomic E-state index is 11.2. The van der Waals surface area contributed by atoms with Crippen LogP contribution >= 0.6 is 0 Å². The summed E-state index contributed by atoms with van der Waals surface area (Å²) < 4.78 is 0. The topological polar surface area (TPSA) is 53.4 Å². The highest BCUT2D eigenvalue weighted by atomic mass is 16.4. The van der Waals surface area contributed by atoms with Crippen LogP contribution in [-0.4, -0.2) is 29.1 Å². The molecule has 0 amide bonds. The van der Waals surface area contributed by atoms with Gasteiger partial charge in [0.2, 0.25) is 0 Å². The van der Waals surface area contributed by atoms with E-state index in [9.17, 15) is 9.90 Å². The minimum Gasteiger partial charge on any atom is -0.478 e. The van der Waals surface area contributed by atoms with Crippen molar-refractivity contribution in [3.8, 4) is 0 Å². The van der Waals surface area contributed by atoms with Crippen LogP contribution in [0.2, 0.25) is 0 Å². The van der Waals surface area contributed by atoms with E-state index in [4.69, 9.17) is 0 Å². The second-order valence-electron chi connectivity index (χ2n) is 5.87. The monoisotopic (exact) mass is 260 g/mol. The summed E-state index contributed by atoms with van der Waals surface area (Å²) in [7, 11) is 0. The van der Waals surface area contributed by atoms with Gasteiger partial charge in [0.1, 0.15) is 0 Å². The molecule has 2 heterocycles. The molecule has 19 heavy (non-hydrogen) atoms. The number of rotatable bonds is 2. The van der Waals surface area contributed by atoms with Gasteiger partial charge in [-0.3, -0.25) is 4.98 Å². The Morgan fingerprint density at radius 3 is 2.68 bits per heavy atom. The normalized spacial score (nSPS) is 16.2. The molecule has 0 radical (unpaired) electrons. The van der Waals surface area contributed by atoms with Crippen molar-refractivity contribution in [1.29, 1.82) is 0 Å². The van der Waals surface area contributed by atoms with E-state index in [0.29, 0.717) is 11.3 Å². The zero-order valence-corrected chi connectivity index (χ0v) is 11.7. The zero-order chi connectivity index (χ0) is 14.0. The molecular weight excluding hydrogens is 240 g/mol. The van der Waals surface area contributed by atoms with Gasteiger partial charge in [-0.1, -0.05) is 32.4 Å². The third-order valence-corrected chi connectivity index (χ3v) is 3.54. The molecule has 1 N–H and O–H groups in total. The minimum atomic E-state index is -0.900. The number of hydrogen-bond donors (Lipinski definition) is 1. The van der Waals surface area contributed by atoms with Crippen molar-refractivity contribution in [2.75, 3.05) is 18.0 Å². The lowest BCUT2D eigenvalue weighted by atomic mass is 9.83. The number of carbonyl (C=O) groups is 1. The number of aromatic carboxylic acids is 1. The van der Waals surface area contributed by atoms with Crippen molar-refractivity contribution in [2.45, 2.75) is 27.2 Å². The molecule has 0 saturated carbocycles. The van der Waals surface area contributed by atoms with E-state index in [-0.39, 0.29) is 5.41 Å². The first-order valence-electron chi connectivity index (χ1n) is 6.51. The fourth-order valence-corrected chi connectivity index (χ4v) is 2.39. The molecule has 102 valence electrons. The molecule has 4 heteroatoms. The Bertz CT molecular complexity index is 515. The number of anilines is 1. The van der Waals surface area contributed by atoms with Crippen LogP contribution in [0.1, 0.15) is 37.6 Å². The molecule has 0 spiro atoms. The second-order valence-corrected chi connectivity index (χ2v) is 5.87. The Morgan fingerprint density at radius 1 is 1.42 bits per heavy atom. The maximum Gasteiger partial charge on any atom is 0.337 e. The summed E-state index contributed by atoms with van der Waals surface area (Å²) in [6, 6.07) is 1.56. The van der Waals surface area contributed by atoms with E-state index >= 15 is 0 Å². The first-order chi connectivity index (χ1) is 8.89. The lowest BCUT2D eigenvalue weighted by Crippen LogP contribution is -2.32. The Hall–Kier alpha value is -1.84. The van der Waals surface area contributed by atoms with Crippen LogP contribution in [0.3, 0.4) is 0 Å². The van der Waals surface area contributed by atoms with Crippen LogP contribution in [0.4, 0.5) is 5.69 Å². The van der Waals surface area contributed by atoms with Crippen molar-refractivity contribution in [2.24, 2.45) is 5.41 Å². The summed E-state index contributed by atoms with van der Waals surface area (Å²) in [6.07, 6.45) is 6.34. The van der Waals surface area contributed by atoms with Gasteiger partial charge in [0, 0.05) is 19.3 Å². The molecular formula is C15H20N2O2. The third kappa shape index (κ3) is 2.95. The Balaban J connectivity index is 2.23. The van der Waals surface area contributed by atoms with Crippen LogP contribution in [0.5, 0.6) is 0 Å². The molecule has 0 aromatic carbocycles. The molecule has 1 aromatic rings. The largest absolute Gasteiger partial charge is 0.478 e. The molecule has 1 aromatic heterocycles. The first-order valence-corrected chi connectivity index (χ1v) is 6.51. The Morgan fingerprint density at radius 2 is 2.16 bits per heavy atom. The van der Waals surface area contributed by atoms with Gasteiger partial charge in [-0.2, -0.15) is 0 Å². The van der Waals surface area contributed by atoms with Gasteiger partial charge in [0.15, 0.2) is 0 Å². The van der Waals surface area contributed by atoms with Crippen LogP contribution in [-0.2, 0) is 0 Å². The van der Waals surface area contributed by atoms with E-state index in [1.54, 1.807) is 12.3 Å². The second kappa shape index (κ2) is 5.03. The van der Waals surface area contributed by atoms with Gasteiger partial charge >= 0.3 is 5.97 Å². The van der Waals surface area contributed by atoms with Crippen molar-refractivity contribution in [3.63, 3.8) is 0 Å². The molecule has 2 rings (SSSR count). The summed E-state index contributed by atoms with van der Waals surface area (Å²) in [5.41, 5.74) is 2.66. The number of carboxylic acid groups (broad SMARTS) is 1. The van der Waals surface area contributed by atoms with Gasteiger partial charge < -0.3 is 10.0 Å². The summed E-state index contributed by atoms with van der Waals surface area (Å²) >= 11 is 0. The van der Waals surface area contributed by atoms with Crippen LogP contribution in [0.15, 0.2) is 30.1 Å². The van der Waals surface area contributed by atoms with E-state index in [0.717, 1.165) is 19.5 Å². The predicted molar refractivity (Wildman–Crippen MR) is 75.6 cm³/mol. The number of pyridine rings is 1. The highest BCUT2D eigenvalue weighted by Gasteiger charge is 2.23. The van der Waals surface area contributed by atoms with Gasteiger partial charge in [-0.15, -0.1) is 0 Å². The van der Waals surface area contributed by atoms with Gasteiger partial charge in [-0.05, 0) is 17.9 Å². The molecule has 0 fully saturated rings.